The lowest BCUT2D eigenvalue weighted by Gasteiger charge is -2.11. The van der Waals surface area contributed by atoms with Crippen LogP contribution < -0.4 is 0 Å². The van der Waals surface area contributed by atoms with E-state index in [9.17, 15) is 4.79 Å². The predicted octanol–water partition coefficient (Wildman–Crippen LogP) is 4.01. The Morgan fingerprint density at radius 1 is 1.18 bits per heavy atom. The first kappa shape index (κ1) is 17.3. The van der Waals surface area contributed by atoms with E-state index in [1.165, 1.54) is 11.8 Å². The first-order valence-electron chi connectivity index (χ1n) is 8.84. The van der Waals surface area contributed by atoms with Crippen molar-refractivity contribution in [1.82, 2.24) is 25.1 Å². The quantitative estimate of drug-likeness (QED) is 0.460. The van der Waals surface area contributed by atoms with Gasteiger partial charge in [0.2, 0.25) is 11.8 Å². The molecule has 5 rings (SSSR count). The number of amides is 1. The molecule has 0 saturated carbocycles. The molecule has 0 unspecified atom stereocenters. The summed E-state index contributed by atoms with van der Waals surface area (Å²) in [5.74, 6) is 0.579. The number of hydrogen-bond donors (Lipinski definition) is 0. The minimum atomic E-state index is 0.136. The Bertz CT molecular complexity index is 1140. The number of aromatic nitrogens is 4. The molecule has 140 valence electrons. The van der Waals surface area contributed by atoms with Crippen LogP contribution in [-0.2, 0) is 11.3 Å². The maximum absolute atomic E-state index is 11.8. The lowest BCUT2D eigenvalue weighted by Crippen LogP contribution is -2.23. The molecule has 4 heterocycles. The van der Waals surface area contributed by atoms with Crippen LogP contribution in [0.4, 0.5) is 0 Å². The number of carbonyl (C=O) groups excluding carboxylic acids is 1. The molecule has 0 aliphatic carbocycles. The van der Waals surface area contributed by atoms with Crippen LogP contribution in [0.1, 0.15) is 18.7 Å². The highest BCUT2D eigenvalue weighted by molar-refractivity contribution is 7.99. The number of rotatable bonds is 5. The van der Waals surface area contributed by atoms with Crippen molar-refractivity contribution in [1.29, 1.82) is 0 Å². The maximum Gasteiger partial charge on any atom is 0.283 e. The van der Waals surface area contributed by atoms with Crippen LogP contribution in [0.3, 0.4) is 0 Å². The third kappa shape index (κ3) is 3.38. The molecule has 0 spiro atoms. The van der Waals surface area contributed by atoms with E-state index in [1.807, 2.05) is 18.2 Å². The van der Waals surface area contributed by atoms with E-state index in [-0.39, 0.29) is 5.91 Å². The highest BCUT2D eigenvalue weighted by Crippen LogP contribution is 2.37. The van der Waals surface area contributed by atoms with Crippen LogP contribution in [0.25, 0.3) is 20.7 Å². The van der Waals surface area contributed by atoms with Crippen molar-refractivity contribution in [2.75, 3.05) is 6.54 Å². The zero-order valence-electron chi connectivity index (χ0n) is 14.7. The minimum absolute atomic E-state index is 0.136. The van der Waals surface area contributed by atoms with Crippen molar-refractivity contribution in [2.45, 2.75) is 29.6 Å². The van der Waals surface area contributed by atoms with Gasteiger partial charge in [0.25, 0.3) is 5.22 Å². The summed E-state index contributed by atoms with van der Waals surface area (Å²) in [6.07, 6.45) is 3.03. The monoisotopic (exact) mass is 409 g/mol. The number of benzene rings is 1. The average molecular weight is 409 g/mol. The van der Waals surface area contributed by atoms with Crippen LogP contribution >= 0.6 is 23.1 Å². The fourth-order valence-corrected chi connectivity index (χ4v) is 4.94. The van der Waals surface area contributed by atoms with Crippen molar-refractivity contribution < 1.29 is 9.21 Å². The van der Waals surface area contributed by atoms with Gasteiger partial charge in [0.05, 0.1) is 6.54 Å². The second kappa shape index (κ2) is 7.33. The zero-order valence-corrected chi connectivity index (χ0v) is 16.4. The summed E-state index contributed by atoms with van der Waals surface area (Å²) in [7, 11) is 0. The van der Waals surface area contributed by atoms with Crippen LogP contribution in [0.5, 0.6) is 0 Å². The third-order valence-corrected chi connectivity index (χ3v) is 6.43. The fraction of sp³-hybridized carbons (Fsp3) is 0.211. The van der Waals surface area contributed by atoms with Gasteiger partial charge in [-0.25, -0.2) is 9.97 Å². The topological polar surface area (TPSA) is 85.0 Å². The molecule has 1 fully saturated rings. The van der Waals surface area contributed by atoms with Crippen molar-refractivity contribution in [3.8, 4) is 10.4 Å². The molecular weight excluding hydrogens is 394 g/mol. The Kier molecular flexibility index (Phi) is 4.53. The summed E-state index contributed by atoms with van der Waals surface area (Å²) in [4.78, 5) is 24.3. The first-order chi connectivity index (χ1) is 13.8. The van der Waals surface area contributed by atoms with Gasteiger partial charge >= 0.3 is 0 Å². The average Bonchev–Trinajstić information content (AvgIpc) is 3.44. The van der Waals surface area contributed by atoms with Gasteiger partial charge in [0.15, 0.2) is 0 Å². The smallest absolute Gasteiger partial charge is 0.283 e. The molecule has 0 N–H and O–H groups in total. The van der Waals surface area contributed by atoms with Gasteiger partial charge in [-0.1, -0.05) is 30.3 Å². The van der Waals surface area contributed by atoms with Gasteiger partial charge in [-0.3, -0.25) is 4.79 Å². The van der Waals surface area contributed by atoms with E-state index in [1.54, 1.807) is 22.6 Å². The number of likely N-dealkylation sites (tertiary alicyclic amines) is 1. The van der Waals surface area contributed by atoms with Crippen LogP contribution in [0.2, 0.25) is 0 Å². The van der Waals surface area contributed by atoms with Gasteiger partial charge in [-0.2, -0.15) is 0 Å². The molecule has 4 aromatic rings. The first-order valence-corrected chi connectivity index (χ1v) is 10.5. The summed E-state index contributed by atoms with van der Waals surface area (Å²) in [6, 6.07) is 12.3. The molecule has 1 aliphatic heterocycles. The van der Waals surface area contributed by atoms with Crippen molar-refractivity contribution in [3.05, 3.63) is 48.6 Å². The minimum Gasteiger partial charge on any atom is -0.414 e. The zero-order chi connectivity index (χ0) is 18.9. The van der Waals surface area contributed by atoms with Crippen LogP contribution in [0, 0.1) is 0 Å². The molecule has 1 amide bonds. The molecule has 0 atom stereocenters. The molecule has 1 aliphatic rings. The van der Waals surface area contributed by atoms with E-state index in [0.717, 1.165) is 38.6 Å². The van der Waals surface area contributed by atoms with Crippen molar-refractivity contribution in [3.63, 3.8) is 0 Å². The van der Waals surface area contributed by atoms with Gasteiger partial charge < -0.3 is 9.32 Å². The molecule has 0 radical (unpaired) electrons. The van der Waals surface area contributed by atoms with E-state index < -0.39 is 0 Å². The normalized spacial score (nSPS) is 14.3. The third-order valence-electron chi connectivity index (χ3n) is 4.48. The summed E-state index contributed by atoms with van der Waals surface area (Å²) in [5.41, 5.74) is 1.15. The summed E-state index contributed by atoms with van der Waals surface area (Å²) < 4.78 is 5.73. The van der Waals surface area contributed by atoms with Crippen molar-refractivity contribution >= 4 is 39.2 Å². The van der Waals surface area contributed by atoms with Crippen LogP contribution in [0.15, 0.2) is 57.4 Å². The maximum atomic E-state index is 11.8. The van der Waals surface area contributed by atoms with Crippen molar-refractivity contribution in [2.24, 2.45) is 0 Å². The Labute approximate surface area is 168 Å². The predicted molar refractivity (Wildman–Crippen MR) is 106 cm³/mol. The lowest BCUT2D eigenvalue weighted by atomic mass is 10.2. The molecule has 1 aromatic carbocycles. The summed E-state index contributed by atoms with van der Waals surface area (Å²) in [5, 5.41) is 10.3. The second-order valence-corrected chi connectivity index (χ2v) is 8.33. The molecular formula is C19H15N5O2S2. The highest BCUT2D eigenvalue weighted by Gasteiger charge is 2.23. The Balaban J connectivity index is 1.39. The van der Waals surface area contributed by atoms with Gasteiger partial charge in [-0.15, -0.1) is 21.5 Å². The van der Waals surface area contributed by atoms with E-state index >= 15 is 0 Å². The summed E-state index contributed by atoms with van der Waals surface area (Å²) in [6.45, 7) is 1.11. The highest BCUT2D eigenvalue weighted by atomic mass is 32.2. The van der Waals surface area contributed by atoms with Gasteiger partial charge in [0.1, 0.15) is 16.2 Å². The SMILES string of the molecule is O=C1CCCN1Cc1nnc(Sc2ncnc3sc(-c4ccccc4)cc23)o1. The molecule has 28 heavy (non-hydrogen) atoms. The number of hydrogen-bond acceptors (Lipinski definition) is 8. The second-order valence-electron chi connectivity index (χ2n) is 6.36. The fourth-order valence-electron chi connectivity index (χ4n) is 3.12. The number of nitrogens with zero attached hydrogens (tertiary/aromatic N) is 5. The summed E-state index contributed by atoms with van der Waals surface area (Å²) >= 11 is 2.94. The Morgan fingerprint density at radius 2 is 2.07 bits per heavy atom. The standard InChI is InChI=1S/C19H15N5O2S2/c25-16-7-4-8-24(16)10-15-22-23-19(26-15)28-18-13-9-14(12-5-2-1-3-6-12)27-17(13)20-11-21-18/h1-3,5-6,9,11H,4,7-8,10H2. The number of carbonyl (C=O) groups is 1. The van der Waals surface area contributed by atoms with Gasteiger partial charge in [0, 0.05) is 23.2 Å². The lowest BCUT2D eigenvalue weighted by molar-refractivity contribution is -0.128. The molecule has 0 bridgehead atoms. The molecule has 1 saturated heterocycles. The molecule has 9 heteroatoms. The number of fused-ring (bicyclic) bond motifs is 1. The molecule has 3 aromatic heterocycles. The van der Waals surface area contributed by atoms with E-state index in [4.69, 9.17) is 4.42 Å². The van der Waals surface area contributed by atoms with E-state index in [0.29, 0.717) is 24.1 Å². The molecule has 7 nitrogen and oxygen atoms in total. The van der Waals surface area contributed by atoms with Crippen LogP contribution in [-0.4, -0.2) is 37.5 Å². The Hall–Kier alpha value is -2.78. The van der Waals surface area contributed by atoms with Gasteiger partial charge in [-0.05, 0) is 29.8 Å². The largest absolute Gasteiger partial charge is 0.414 e. The Morgan fingerprint density at radius 3 is 2.89 bits per heavy atom. The number of thiophene rings is 1. The van der Waals surface area contributed by atoms with E-state index in [2.05, 4.69) is 38.4 Å².